The third-order valence-corrected chi connectivity index (χ3v) is 7.07. The van der Waals surface area contributed by atoms with Gasteiger partial charge in [-0.2, -0.15) is 4.98 Å². The lowest BCUT2D eigenvalue weighted by Crippen LogP contribution is -2.43. The molecule has 0 aliphatic carbocycles. The number of aryl methyl sites for hydroxylation is 1. The third kappa shape index (κ3) is 7.67. The van der Waals surface area contributed by atoms with Crippen molar-refractivity contribution in [3.63, 3.8) is 0 Å². The minimum Gasteiger partial charge on any atom is -0.493 e. The molecule has 0 spiro atoms. The Hall–Kier alpha value is -3.19. The van der Waals surface area contributed by atoms with Gasteiger partial charge >= 0.3 is 0 Å². The molecule has 1 aliphatic rings. The first-order valence-corrected chi connectivity index (χ1v) is 14.0. The van der Waals surface area contributed by atoms with E-state index in [0.717, 1.165) is 56.6 Å². The van der Waals surface area contributed by atoms with Gasteiger partial charge in [-0.25, -0.2) is 0 Å². The Labute approximate surface area is 227 Å². The molecular formula is C31H42N4O3. The Morgan fingerprint density at radius 3 is 2.71 bits per heavy atom. The summed E-state index contributed by atoms with van der Waals surface area (Å²) >= 11 is 0. The van der Waals surface area contributed by atoms with E-state index < -0.39 is 0 Å². The van der Waals surface area contributed by atoms with Crippen LogP contribution in [0, 0.1) is 5.92 Å². The molecule has 2 heterocycles. The van der Waals surface area contributed by atoms with Crippen LogP contribution in [0.25, 0.3) is 11.4 Å². The second-order valence-electron chi connectivity index (χ2n) is 11.3. The molecule has 1 atom stereocenters. The number of likely N-dealkylation sites (tertiary alicyclic amines) is 1. The number of aromatic nitrogens is 2. The maximum absolute atomic E-state index is 12.9. The fourth-order valence-electron chi connectivity index (χ4n) is 4.86. The largest absolute Gasteiger partial charge is 0.493 e. The molecule has 1 fully saturated rings. The van der Waals surface area contributed by atoms with Gasteiger partial charge in [-0.15, -0.1) is 0 Å². The number of hydrogen-bond acceptors (Lipinski definition) is 6. The van der Waals surface area contributed by atoms with Gasteiger partial charge in [0.25, 0.3) is 0 Å². The molecule has 0 bridgehead atoms. The van der Waals surface area contributed by atoms with Crippen LogP contribution in [-0.2, 0) is 23.2 Å². The number of carbonyl (C=O) groups is 1. The number of para-hydroxylation sites is 1. The van der Waals surface area contributed by atoms with Crippen LogP contribution in [0.5, 0.6) is 5.75 Å². The van der Waals surface area contributed by atoms with Crippen molar-refractivity contribution in [3.8, 4) is 17.1 Å². The van der Waals surface area contributed by atoms with Crippen molar-refractivity contribution in [1.82, 2.24) is 20.4 Å². The predicted octanol–water partition coefficient (Wildman–Crippen LogP) is 5.78. The highest BCUT2D eigenvalue weighted by Crippen LogP contribution is 2.26. The Morgan fingerprint density at radius 1 is 1.16 bits per heavy atom. The van der Waals surface area contributed by atoms with E-state index in [1.165, 1.54) is 11.1 Å². The van der Waals surface area contributed by atoms with Crippen LogP contribution in [0.15, 0.2) is 53.1 Å². The first-order valence-electron chi connectivity index (χ1n) is 14.0. The van der Waals surface area contributed by atoms with Crippen molar-refractivity contribution >= 4 is 5.91 Å². The molecule has 4 rings (SSSR count). The smallest absolute Gasteiger partial charge is 0.241 e. The lowest BCUT2D eigenvalue weighted by molar-refractivity contribution is -0.126. The van der Waals surface area contributed by atoms with Gasteiger partial charge in [0.15, 0.2) is 0 Å². The number of nitrogens with one attached hydrogen (secondary N) is 1. The SMILES string of the molecule is CCCOc1ccccc1CCCNC(=O)C1CCCN(Cc2nc(-c3ccc(C(C)(C)C)cc3)no2)C1. The molecule has 0 radical (unpaired) electrons. The summed E-state index contributed by atoms with van der Waals surface area (Å²) < 4.78 is 11.4. The molecule has 1 saturated heterocycles. The average molecular weight is 519 g/mol. The molecule has 38 heavy (non-hydrogen) atoms. The summed E-state index contributed by atoms with van der Waals surface area (Å²) in [6.45, 7) is 12.3. The molecule has 1 aliphatic heterocycles. The zero-order valence-corrected chi connectivity index (χ0v) is 23.3. The molecule has 7 heteroatoms. The minimum absolute atomic E-state index is 0.0174. The molecule has 7 nitrogen and oxygen atoms in total. The number of piperidine rings is 1. The van der Waals surface area contributed by atoms with Crippen LogP contribution in [0.3, 0.4) is 0 Å². The van der Waals surface area contributed by atoms with Gasteiger partial charge in [-0.1, -0.05) is 75.3 Å². The second kappa shape index (κ2) is 13.1. The number of benzene rings is 2. The highest BCUT2D eigenvalue weighted by atomic mass is 16.5. The predicted molar refractivity (Wildman–Crippen MR) is 150 cm³/mol. The number of carbonyl (C=O) groups excluding carboxylic acids is 1. The van der Waals surface area contributed by atoms with Gasteiger partial charge in [0, 0.05) is 18.7 Å². The fraction of sp³-hybridized carbons (Fsp3) is 0.516. The van der Waals surface area contributed by atoms with Crippen molar-refractivity contribution in [2.45, 2.75) is 71.8 Å². The zero-order chi connectivity index (χ0) is 27.0. The van der Waals surface area contributed by atoms with E-state index in [1.54, 1.807) is 0 Å². The van der Waals surface area contributed by atoms with Gasteiger partial charge in [0.1, 0.15) is 5.75 Å². The van der Waals surface area contributed by atoms with Gasteiger partial charge in [0.2, 0.25) is 17.6 Å². The summed E-state index contributed by atoms with van der Waals surface area (Å²) in [6.07, 6.45) is 4.65. The highest BCUT2D eigenvalue weighted by Gasteiger charge is 2.27. The van der Waals surface area contributed by atoms with Gasteiger partial charge in [0.05, 0.1) is 19.1 Å². The van der Waals surface area contributed by atoms with E-state index in [2.05, 4.69) is 66.3 Å². The maximum Gasteiger partial charge on any atom is 0.241 e. The topological polar surface area (TPSA) is 80.5 Å². The lowest BCUT2D eigenvalue weighted by Gasteiger charge is -2.30. The van der Waals surface area contributed by atoms with Crippen molar-refractivity contribution in [3.05, 3.63) is 65.5 Å². The number of nitrogens with zero attached hydrogens (tertiary/aromatic N) is 3. The van der Waals surface area contributed by atoms with Crippen molar-refractivity contribution in [2.75, 3.05) is 26.2 Å². The molecule has 204 valence electrons. The van der Waals surface area contributed by atoms with E-state index in [4.69, 9.17) is 9.26 Å². The first kappa shape index (κ1) is 27.8. The third-order valence-electron chi connectivity index (χ3n) is 7.07. The summed E-state index contributed by atoms with van der Waals surface area (Å²) in [5.41, 5.74) is 3.52. The number of amides is 1. The van der Waals surface area contributed by atoms with Crippen LogP contribution in [-0.4, -0.2) is 47.2 Å². The summed E-state index contributed by atoms with van der Waals surface area (Å²) in [6, 6.07) is 16.5. The summed E-state index contributed by atoms with van der Waals surface area (Å²) in [5.74, 6) is 2.26. The number of rotatable bonds is 11. The minimum atomic E-state index is -0.0174. The molecule has 1 N–H and O–H groups in total. The first-order chi connectivity index (χ1) is 18.3. The Kier molecular flexibility index (Phi) is 9.56. The van der Waals surface area contributed by atoms with E-state index >= 15 is 0 Å². The summed E-state index contributed by atoms with van der Waals surface area (Å²) in [7, 11) is 0. The van der Waals surface area contributed by atoms with E-state index in [1.807, 2.05) is 30.3 Å². The molecule has 1 amide bonds. The van der Waals surface area contributed by atoms with Crippen molar-refractivity contribution in [2.24, 2.45) is 5.92 Å². The number of ether oxygens (including phenoxy) is 1. The molecule has 1 unspecified atom stereocenters. The van der Waals surface area contributed by atoms with Crippen LogP contribution in [0.4, 0.5) is 0 Å². The van der Waals surface area contributed by atoms with Crippen LogP contribution >= 0.6 is 0 Å². The van der Waals surface area contributed by atoms with E-state index in [0.29, 0.717) is 31.3 Å². The average Bonchev–Trinajstić information content (AvgIpc) is 3.38. The molecule has 2 aromatic carbocycles. The Morgan fingerprint density at radius 2 is 1.95 bits per heavy atom. The second-order valence-corrected chi connectivity index (χ2v) is 11.3. The zero-order valence-electron chi connectivity index (χ0n) is 23.3. The molecular weight excluding hydrogens is 476 g/mol. The normalized spacial score (nSPS) is 16.4. The van der Waals surface area contributed by atoms with E-state index in [-0.39, 0.29) is 17.2 Å². The van der Waals surface area contributed by atoms with Gasteiger partial charge in [-0.3, -0.25) is 9.69 Å². The van der Waals surface area contributed by atoms with Crippen molar-refractivity contribution < 1.29 is 14.1 Å². The van der Waals surface area contributed by atoms with Crippen LogP contribution in [0.1, 0.15) is 70.4 Å². The quantitative estimate of drug-likeness (QED) is 0.324. The Balaban J connectivity index is 1.23. The summed E-state index contributed by atoms with van der Waals surface area (Å²) in [5, 5.41) is 7.35. The maximum atomic E-state index is 12.9. The van der Waals surface area contributed by atoms with E-state index in [9.17, 15) is 4.79 Å². The Bertz CT molecular complexity index is 1170. The van der Waals surface area contributed by atoms with Gasteiger partial charge in [-0.05, 0) is 61.3 Å². The lowest BCUT2D eigenvalue weighted by atomic mass is 9.87. The van der Waals surface area contributed by atoms with Crippen LogP contribution < -0.4 is 10.1 Å². The highest BCUT2D eigenvalue weighted by molar-refractivity contribution is 5.78. The fourth-order valence-corrected chi connectivity index (χ4v) is 4.86. The molecule has 0 saturated carbocycles. The van der Waals surface area contributed by atoms with Gasteiger partial charge < -0.3 is 14.6 Å². The van der Waals surface area contributed by atoms with Crippen LogP contribution in [0.2, 0.25) is 0 Å². The summed E-state index contributed by atoms with van der Waals surface area (Å²) in [4.78, 5) is 19.8. The monoisotopic (exact) mass is 518 g/mol. The standard InChI is InChI=1S/C31H42N4O3/c1-5-20-37-27-13-7-6-10-23(27)11-8-18-32-30(36)25-12-9-19-35(21-25)22-28-33-29(34-38-28)24-14-16-26(17-15-24)31(2,3)4/h6-7,10,13-17,25H,5,8-9,11-12,18-22H2,1-4H3,(H,32,36). The van der Waals surface area contributed by atoms with Crippen molar-refractivity contribution in [1.29, 1.82) is 0 Å². The molecule has 1 aromatic heterocycles. The number of hydrogen-bond donors (Lipinski definition) is 1. The molecule has 3 aromatic rings.